The lowest BCUT2D eigenvalue weighted by atomic mass is 10.1. The second-order valence-electron chi connectivity index (χ2n) is 7.21. The highest BCUT2D eigenvalue weighted by molar-refractivity contribution is 7.80. The first kappa shape index (κ1) is 19.5. The van der Waals surface area contributed by atoms with E-state index in [0.717, 1.165) is 89.1 Å². The first-order valence-electron chi connectivity index (χ1n) is 10.0. The Bertz CT molecular complexity index is 701. The Kier molecular flexibility index (Phi) is 6.69. The molecule has 28 heavy (non-hydrogen) atoms. The van der Waals surface area contributed by atoms with Gasteiger partial charge in [0.2, 0.25) is 0 Å². The van der Waals surface area contributed by atoms with Crippen LogP contribution in [-0.4, -0.2) is 103 Å². The molecule has 0 atom stereocenters. The number of rotatable bonds is 4. The van der Waals surface area contributed by atoms with Crippen LogP contribution in [0.3, 0.4) is 0 Å². The molecular weight excluding hydrogens is 376 g/mol. The highest BCUT2D eigenvalue weighted by atomic mass is 32.1. The van der Waals surface area contributed by atoms with Gasteiger partial charge in [0.25, 0.3) is 0 Å². The van der Waals surface area contributed by atoms with Gasteiger partial charge in [0.05, 0.1) is 25.5 Å². The van der Waals surface area contributed by atoms with Crippen molar-refractivity contribution in [2.45, 2.75) is 6.42 Å². The number of nitrogens with zero attached hydrogens (tertiary/aromatic N) is 5. The fourth-order valence-electron chi connectivity index (χ4n) is 3.68. The van der Waals surface area contributed by atoms with Crippen molar-refractivity contribution in [1.29, 1.82) is 0 Å². The molecule has 1 aromatic heterocycles. The zero-order valence-corrected chi connectivity index (χ0v) is 17.0. The fraction of sp³-hybridized carbons (Fsp3) is 0.632. The summed E-state index contributed by atoms with van der Waals surface area (Å²) in [5.74, 6) is 0.786. The van der Waals surface area contributed by atoms with Crippen LogP contribution in [0.2, 0.25) is 0 Å². The molecular formula is C19H28N6O2S. The summed E-state index contributed by atoms with van der Waals surface area (Å²) in [5, 5.41) is 5.21. The third-order valence-electron chi connectivity index (χ3n) is 5.42. The molecule has 2 fully saturated rings. The Morgan fingerprint density at radius 3 is 2.61 bits per heavy atom. The van der Waals surface area contributed by atoms with Crippen LogP contribution in [0.4, 0.5) is 0 Å². The average molecular weight is 405 g/mol. The molecule has 0 radical (unpaired) electrons. The summed E-state index contributed by atoms with van der Waals surface area (Å²) < 4.78 is 11.0. The van der Waals surface area contributed by atoms with Gasteiger partial charge >= 0.3 is 0 Å². The van der Waals surface area contributed by atoms with E-state index in [1.807, 2.05) is 12.1 Å². The molecule has 0 unspecified atom stereocenters. The van der Waals surface area contributed by atoms with Gasteiger partial charge in [-0.25, -0.2) is 0 Å². The Morgan fingerprint density at radius 2 is 1.82 bits per heavy atom. The number of nitrogens with one attached hydrogen (secondary N) is 1. The number of morpholine rings is 1. The van der Waals surface area contributed by atoms with Crippen LogP contribution in [0.25, 0.3) is 0 Å². The summed E-state index contributed by atoms with van der Waals surface area (Å²) in [7, 11) is 0. The number of thiocarbonyl (C=S) groups is 1. The van der Waals surface area contributed by atoms with E-state index in [1.54, 1.807) is 6.20 Å². The largest absolute Gasteiger partial charge is 0.491 e. The summed E-state index contributed by atoms with van der Waals surface area (Å²) in [6, 6.07) is 3.80. The predicted octanol–water partition coefficient (Wildman–Crippen LogP) is 0.393. The normalized spacial score (nSPS) is 22.6. The summed E-state index contributed by atoms with van der Waals surface area (Å²) in [6.45, 7) is 10.6. The molecule has 0 bridgehead atoms. The molecule has 9 heteroatoms. The van der Waals surface area contributed by atoms with E-state index in [2.05, 4.69) is 30.2 Å². The van der Waals surface area contributed by atoms with Crippen molar-refractivity contribution in [3.63, 3.8) is 0 Å². The van der Waals surface area contributed by atoms with Gasteiger partial charge in [0.15, 0.2) is 5.11 Å². The lowest BCUT2D eigenvalue weighted by Crippen LogP contribution is -2.52. The second kappa shape index (κ2) is 9.60. The molecule has 0 saturated carbocycles. The van der Waals surface area contributed by atoms with E-state index in [4.69, 9.17) is 21.7 Å². The molecule has 3 aliphatic rings. The van der Waals surface area contributed by atoms with Crippen LogP contribution < -0.4 is 10.2 Å². The number of hydrazone groups is 1. The molecule has 1 aromatic rings. The lowest BCUT2D eigenvalue weighted by Gasteiger charge is -2.37. The van der Waals surface area contributed by atoms with Crippen molar-refractivity contribution in [3.8, 4) is 5.75 Å². The lowest BCUT2D eigenvalue weighted by molar-refractivity contribution is 0.0315. The van der Waals surface area contributed by atoms with Crippen LogP contribution >= 0.6 is 12.2 Å². The van der Waals surface area contributed by atoms with Crippen molar-refractivity contribution >= 4 is 23.0 Å². The first-order valence-corrected chi connectivity index (χ1v) is 10.4. The Morgan fingerprint density at radius 1 is 1.07 bits per heavy atom. The molecule has 4 rings (SSSR count). The van der Waals surface area contributed by atoms with Crippen LogP contribution in [0.5, 0.6) is 5.75 Å². The van der Waals surface area contributed by atoms with Crippen LogP contribution in [0.15, 0.2) is 23.4 Å². The maximum absolute atomic E-state index is 5.63. The van der Waals surface area contributed by atoms with Crippen molar-refractivity contribution in [3.05, 3.63) is 24.0 Å². The zero-order valence-electron chi connectivity index (χ0n) is 16.2. The van der Waals surface area contributed by atoms with Crippen molar-refractivity contribution in [2.24, 2.45) is 5.10 Å². The van der Waals surface area contributed by atoms with Crippen molar-refractivity contribution < 1.29 is 9.47 Å². The number of aromatic nitrogens is 1. The van der Waals surface area contributed by atoms with E-state index in [1.165, 1.54) is 0 Å². The predicted molar refractivity (Wildman–Crippen MR) is 112 cm³/mol. The van der Waals surface area contributed by atoms with Gasteiger partial charge < -0.3 is 14.4 Å². The first-order chi connectivity index (χ1) is 13.8. The highest BCUT2D eigenvalue weighted by Gasteiger charge is 2.21. The summed E-state index contributed by atoms with van der Waals surface area (Å²) in [6.07, 6.45) is 2.49. The van der Waals surface area contributed by atoms with Crippen molar-refractivity contribution in [1.82, 2.24) is 25.1 Å². The van der Waals surface area contributed by atoms with Gasteiger partial charge in [0, 0.05) is 65.0 Å². The second-order valence-corrected chi connectivity index (χ2v) is 7.59. The number of ether oxygens (including phenoxy) is 2. The van der Waals surface area contributed by atoms with Gasteiger partial charge in [-0.05, 0) is 24.4 Å². The smallest absolute Gasteiger partial charge is 0.189 e. The topological polar surface area (TPSA) is 65.5 Å². The molecule has 0 amide bonds. The zero-order chi connectivity index (χ0) is 19.2. The molecule has 0 aliphatic carbocycles. The maximum atomic E-state index is 5.63. The molecule has 3 aliphatic heterocycles. The third-order valence-corrected chi connectivity index (χ3v) is 5.77. The highest BCUT2D eigenvalue weighted by Crippen LogP contribution is 2.21. The molecule has 1 N–H and O–H groups in total. The molecule has 8 nitrogen and oxygen atoms in total. The van der Waals surface area contributed by atoms with E-state index >= 15 is 0 Å². The van der Waals surface area contributed by atoms with E-state index in [9.17, 15) is 0 Å². The van der Waals surface area contributed by atoms with E-state index < -0.39 is 0 Å². The molecule has 0 aromatic carbocycles. The fourth-order valence-corrected chi connectivity index (χ4v) is 3.91. The van der Waals surface area contributed by atoms with Crippen molar-refractivity contribution in [2.75, 3.05) is 72.2 Å². The van der Waals surface area contributed by atoms with E-state index in [0.29, 0.717) is 11.7 Å². The summed E-state index contributed by atoms with van der Waals surface area (Å²) in [5.41, 5.74) is 4.77. The number of piperazine rings is 1. The molecule has 4 heterocycles. The minimum Gasteiger partial charge on any atom is -0.491 e. The average Bonchev–Trinajstić information content (AvgIpc) is 2.77. The molecule has 152 valence electrons. The minimum atomic E-state index is 0.619. The van der Waals surface area contributed by atoms with Gasteiger partial charge in [-0.2, -0.15) is 5.10 Å². The van der Waals surface area contributed by atoms with Gasteiger partial charge in [-0.15, -0.1) is 0 Å². The Labute approximate surface area is 171 Å². The Hall–Kier alpha value is -1.81. The summed E-state index contributed by atoms with van der Waals surface area (Å²) >= 11 is 5.56. The van der Waals surface area contributed by atoms with Gasteiger partial charge in [0.1, 0.15) is 11.4 Å². The maximum Gasteiger partial charge on any atom is 0.189 e. The third kappa shape index (κ3) is 4.96. The van der Waals surface area contributed by atoms with Crippen LogP contribution in [0, 0.1) is 0 Å². The SMILES string of the molecule is S=C(N/N=C1/CCOc2cccnc21)N1CCN(CCN2CCOCC2)CC1. The number of hydrogen-bond acceptors (Lipinski definition) is 7. The number of pyridine rings is 1. The van der Waals surface area contributed by atoms with Gasteiger partial charge in [-0.3, -0.25) is 20.2 Å². The monoisotopic (exact) mass is 404 g/mol. The number of fused-ring (bicyclic) bond motifs is 1. The van der Waals surface area contributed by atoms with Crippen LogP contribution in [-0.2, 0) is 4.74 Å². The molecule has 2 saturated heterocycles. The van der Waals surface area contributed by atoms with Gasteiger partial charge in [-0.1, -0.05) is 0 Å². The standard InChI is InChI=1S/C19H28N6O2S/c28-19(22-21-16-3-13-27-17-2-1-4-20-18(16)17)25-9-7-23(8-10-25)5-6-24-11-14-26-15-12-24/h1-2,4H,3,5-15H2,(H,22,28)/b21-16-. The quantitative estimate of drug-likeness (QED) is 0.571. The number of hydrogen-bond donors (Lipinski definition) is 1. The summed E-state index contributed by atoms with van der Waals surface area (Å²) in [4.78, 5) is 11.6. The van der Waals surface area contributed by atoms with Crippen LogP contribution in [0.1, 0.15) is 12.1 Å². The molecule has 0 spiro atoms. The minimum absolute atomic E-state index is 0.619. The van der Waals surface area contributed by atoms with E-state index in [-0.39, 0.29) is 0 Å². The Balaban J connectivity index is 1.22.